The number of carboxylic acid groups (broad SMARTS) is 1. The molecular weight excluding hydrogens is 232 g/mol. The van der Waals surface area contributed by atoms with E-state index in [1.807, 2.05) is 4.98 Å². The van der Waals surface area contributed by atoms with Gasteiger partial charge in [-0.15, -0.1) is 11.6 Å². The van der Waals surface area contributed by atoms with Crippen molar-refractivity contribution in [2.45, 2.75) is 12.3 Å². The van der Waals surface area contributed by atoms with Crippen LogP contribution in [0.3, 0.4) is 0 Å². The van der Waals surface area contributed by atoms with Crippen molar-refractivity contribution < 1.29 is 18.7 Å². The highest BCUT2D eigenvalue weighted by atomic mass is 35.5. The largest absolute Gasteiger partial charge is 0.477 e. The summed E-state index contributed by atoms with van der Waals surface area (Å²) in [6.07, 6.45) is -2.98. The average Bonchev–Trinajstić information content (AvgIpc) is 2.15. The van der Waals surface area contributed by atoms with Crippen LogP contribution in [-0.2, 0) is 5.88 Å². The summed E-state index contributed by atoms with van der Waals surface area (Å²) in [5.41, 5.74) is -2.54. The minimum atomic E-state index is -2.98. The number of carbonyl (C=O) groups is 1. The summed E-state index contributed by atoms with van der Waals surface area (Å²) >= 11 is 5.35. The number of halogens is 3. The zero-order valence-corrected chi connectivity index (χ0v) is 8.02. The number of nitrogens with one attached hydrogen (secondary N) is 1. The minimum absolute atomic E-state index is 0.173. The van der Waals surface area contributed by atoms with Gasteiger partial charge in [-0.25, -0.2) is 13.6 Å². The lowest BCUT2D eigenvalue weighted by Crippen LogP contribution is -2.19. The quantitative estimate of drug-likeness (QED) is 0.787. The first-order chi connectivity index (χ1) is 6.97. The maximum atomic E-state index is 12.4. The van der Waals surface area contributed by atoms with E-state index in [1.165, 1.54) is 0 Å². The molecule has 0 aliphatic heterocycles. The van der Waals surface area contributed by atoms with Crippen LogP contribution in [-0.4, -0.2) is 16.1 Å². The van der Waals surface area contributed by atoms with Gasteiger partial charge in [-0.05, 0) is 11.6 Å². The molecule has 0 spiro atoms. The van der Waals surface area contributed by atoms with Crippen LogP contribution in [0.2, 0.25) is 0 Å². The second kappa shape index (κ2) is 4.39. The van der Waals surface area contributed by atoms with E-state index in [9.17, 15) is 18.4 Å². The summed E-state index contributed by atoms with van der Waals surface area (Å²) < 4.78 is 24.8. The minimum Gasteiger partial charge on any atom is -0.477 e. The van der Waals surface area contributed by atoms with Crippen molar-refractivity contribution in [2.24, 2.45) is 0 Å². The second-order valence-electron chi connectivity index (χ2n) is 2.69. The van der Waals surface area contributed by atoms with Gasteiger partial charge in [-0.3, -0.25) is 4.79 Å². The van der Waals surface area contributed by atoms with Gasteiger partial charge < -0.3 is 10.1 Å². The van der Waals surface area contributed by atoms with Crippen LogP contribution < -0.4 is 5.56 Å². The maximum Gasteiger partial charge on any atom is 0.352 e. The van der Waals surface area contributed by atoms with Crippen LogP contribution in [0.4, 0.5) is 8.78 Å². The molecule has 15 heavy (non-hydrogen) atoms. The highest BCUT2D eigenvalue weighted by molar-refractivity contribution is 6.17. The number of rotatable bonds is 3. The molecule has 0 saturated heterocycles. The molecule has 0 aliphatic rings. The topological polar surface area (TPSA) is 70.2 Å². The molecule has 4 nitrogen and oxygen atoms in total. The van der Waals surface area contributed by atoms with E-state index in [0.29, 0.717) is 0 Å². The summed E-state index contributed by atoms with van der Waals surface area (Å²) in [7, 11) is 0. The predicted molar refractivity (Wildman–Crippen MR) is 48.5 cm³/mol. The van der Waals surface area contributed by atoms with Gasteiger partial charge >= 0.3 is 5.97 Å². The average molecular weight is 238 g/mol. The molecule has 0 radical (unpaired) electrons. The first-order valence-electron chi connectivity index (χ1n) is 3.81. The number of alkyl halides is 3. The van der Waals surface area contributed by atoms with Crippen molar-refractivity contribution in [2.75, 3.05) is 0 Å². The first kappa shape index (κ1) is 11.6. The summed E-state index contributed by atoms with van der Waals surface area (Å²) in [6.45, 7) is 0. The van der Waals surface area contributed by atoms with Gasteiger partial charge in [-0.2, -0.15) is 0 Å². The van der Waals surface area contributed by atoms with Gasteiger partial charge in [-0.1, -0.05) is 0 Å². The lowest BCUT2D eigenvalue weighted by Gasteiger charge is -2.05. The normalized spacial score (nSPS) is 10.7. The monoisotopic (exact) mass is 237 g/mol. The van der Waals surface area contributed by atoms with E-state index in [0.717, 1.165) is 6.07 Å². The third-order valence-corrected chi connectivity index (χ3v) is 2.04. The summed E-state index contributed by atoms with van der Waals surface area (Å²) in [5.74, 6) is -1.75. The predicted octanol–water partition coefficient (Wildman–Crippen LogP) is 1.75. The highest BCUT2D eigenvalue weighted by Gasteiger charge is 2.19. The fourth-order valence-electron chi connectivity index (χ4n) is 1.09. The van der Waals surface area contributed by atoms with E-state index in [-0.39, 0.29) is 11.4 Å². The Labute approximate surface area is 87.5 Å². The van der Waals surface area contributed by atoms with Crippen LogP contribution in [0.25, 0.3) is 0 Å². The molecule has 0 atom stereocenters. The zero-order valence-electron chi connectivity index (χ0n) is 7.26. The molecule has 0 unspecified atom stereocenters. The molecule has 0 amide bonds. The standard InChI is InChI=1S/C8H6ClF2NO3/c9-2-3-1-4(8(14)15)12-7(13)5(3)6(10)11/h1,6H,2H2,(H,12,13)(H,14,15). The molecule has 1 aromatic heterocycles. The number of aromatic nitrogens is 1. The SMILES string of the molecule is O=C(O)c1cc(CCl)c(C(F)F)c(=O)[nH]1. The molecule has 0 aliphatic carbocycles. The third-order valence-electron chi connectivity index (χ3n) is 1.75. The Hall–Kier alpha value is -1.43. The molecule has 1 heterocycles. The highest BCUT2D eigenvalue weighted by Crippen LogP contribution is 2.20. The van der Waals surface area contributed by atoms with Crippen molar-refractivity contribution in [1.82, 2.24) is 4.98 Å². The number of aromatic carboxylic acids is 1. The van der Waals surface area contributed by atoms with Gasteiger partial charge in [0.25, 0.3) is 12.0 Å². The Morgan fingerprint density at radius 2 is 2.20 bits per heavy atom. The van der Waals surface area contributed by atoms with E-state index < -0.39 is 29.2 Å². The van der Waals surface area contributed by atoms with Crippen molar-refractivity contribution in [3.05, 3.63) is 33.2 Å². The Morgan fingerprint density at radius 3 is 2.60 bits per heavy atom. The van der Waals surface area contributed by atoms with Crippen LogP contribution in [0.5, 0.6) is 0 Å². The Bertz CT molecular complexity index is 444. The van der Waals surface area contributed by atoms with E-state index in [1.54, 1.807) is 0 Å². The summed E-state index contributed by atoms with van der Waals surface area (Å²) in [4.78, 5) is 23.4. The van der Waals surface area contributed by atoms with Gasteiger partial charge in [0.2, 0.25) is 0 Å². The number of H-pyrrole nitrogens is 1. The smallest absolute Gasteiger partial charge is 0.352 e. The third kappa shape index (κ3) is 2.33. The van der Waals surface area contributed by atoms with Crippen molar-refractivity contribution >= 4 is 17.6 Å². The van der Waals surface area contributed by atoms with Gasteiger partial charge in [0.1, 0.15) is 5.69 Å². The van der Waals surface area contributed by atoms with Crippen LogP contribution in [0.1, 0.15) is 28.0 Å². The molecule has 82 valence electrons. The zero-order chi connectivity index (χ0) is 11.6. The molecular formula is C8H6ClF2NO3. The van der Waals surface area contributed by atoms with Crippen molar-refractivity contribution in [3.8, 4) is 0 Å². The lowest BCUT2D eigenvalue weighted by molar-refractivity contribution is 0.0689. The maximum absolute atomic E-state index is 12.4. The number of hydrogen-bond donors (Lipinski definition) is 2. The molecule has 2 N–H and O–H groups in total. The lowest BCUT2D eigenvalue weighted by atomic mass is 10.1. The molecule has 0 saturated carbocycles. The Kier molecular flexibility index (Phi) is 3.41. The van der Waals surface area contributed by atoms with Crippen LogP contribution in [0.15, 0.2) is 10.9 Å². The number of pyridine rings is 1. The summed E-state index contributed by atoms with van der Waals surface area (Å²) in [6, 6.07) is 0.929. The van der Waals surface area contributed by atoms with Crippen molar-refractivity contribution in [1.29, 1.82) is 0 Å². The first-order valence-corrected chi connectivity index (χ1v) is 4.34. The molecule has 1 aromatic rings. The fraction of sp³-hybridized carbons (Fsp3) is 0.250. The van der Waals surface area contributed by atoms with Gasteiger partial charge in [0, 0.05) is 5.88 Å². The van der Waals surface area contributed by atoms with Gasteiger partial charge in [0.15, 0.2) is 0 Å². The summed E-state index contributed by atoms with van der Waals surface area (Å²) in [5, 5.41) is 8.56. The molecule has 0 fully saturated rings. The van der Waals surface area contributed by atoms with Crippen molar-refractivity contribution in [3.63, 3.8) is 0 Å². The Balaban J connectivity index is 3.44. The van der Waals surface area contributed by atoms with E-state index in [2.05, 4.69) is 0 Å². The molecule has 0 aromatic carbocycles. The van der Waals surface area contributed by atoms with E-state index in [4.69, 9.17) is 16.7 Å². The number of hydrogen-bond acceptors (Lipinski definition) is 2. The Morgan fingerprint density at radius 1 is 1.60 bits per heavy atom. The van der Waals surface area contributed by atoms with Gasteiger partial charge in [0.05, 0.1) is 5.56 Å². The number of aromatic amines is 1. The second-order valence-corrected chi connectivity index (χ2v) is 2.96. The van der Waals surface area contributed by atoms with E-state index >= 15 is 0 Å². The molecule has 7 heteroatoms. The molecule has 0 bridgehead atoms. The van der Waals surface area contributed by atoms with Crippen LogP contribution in [0, 0.1) is 0 Å². The number of carboxylic acids is 1. The van der Waals surface area contributed by atoms with Crippen LogP contribution >= 0.6 is 11.6 Å². The fourth-order valence-corrected chi connectivity index (χ4v) is 1.31. The molecule has 1 rings (SSSR count).